The second-order valence-corrected chi connectivity index (χ2v) is 6.01. The number of aromatic nitrogens is 2. The smallest absolute Gasteiger partial charge is 0.0762 e. The molecule has 0 radical (unpaired) electrons. The molecule has 1 N–H and O–H groups in total. The number of hydrogen-bond donors (Lipinski definition) is 1. The molecule has 18 heavy (non-hydrogen) atoms. The van der Waals surface area contributed by atoms with Crippen LogP contribution in [0.15, 0.2) is 12.3 Å². The molecule has 0 bridgehead atoms. The molecule has 0 unspecified atom stereocenters. The van der Waals surface area contributed by atoms with Crippen LogP contribution in [0.3, 0.4) is 0 Å². The van der Waals surface area contributed by atoms with Crippen molar-refractivity contribution < 1.29 is 0 Å². The van der Waals surface area contributed by atoms with Crippen LogP contribution in [0.2, 0.25) is 0 Å². The van der Waals surface area contributed by atoms with Crippen molar-refractivity contribution in [1.82, 2.24) is 15.1 Å². The molecule has 100 valence electrons. The van der Waals surface area contributed by atoms with E-state index in [4.69, 9.17) is 5.10 Å². The standard InChI is InChI=1S/C15H25N3/c1-2-6-13(5-1)11-16-12-14-9-10-18(17-14)15-7-3-4-8-15/h9-10,13,15-16H,1-8,11-12H2. The molecular formula is C15H25N3. The fourth-order valence-corrected chi connectivity index (χ4v) is 3.46. The Hall–Kier alpha value is -0.830. The zero-order valence-corrected chi connectivity index (χ0v) is 11.3. The summed E-state index contributed by atoms with van der Waals surface area (Å²) in [6.07, 6.45) is 13.3. The lowest BCUT2D eigenvalue weighted by atomic mass is 10.1. The number of nitrogens with one attached hydrogen (secondary N) is 1. The van der Waals surface area contributed by atoms with E-state index in [2.05, 4.69) is 22.3 Å². The molecule has 2 fully saturated rings. The molecule has 3 heteroatoms. The van der Waals surface area contributed by atoms with Crippen molar-refractivity contribution in [3.63, 3.8) is 0 Å². The normalized spacial score (nSPS) is 22.0. The molecule has 0 aliphatic heterocycles. The van der Waals surface area contributed by atoms with Crippen molar-refractivity contribution in [2.45, 2.75) is 64.0 Å². The van der Waals surface area contributed by atoms with Gasteiger partial charge in [0, 0.05) is 12.7 Å². The van der Waals surface area contributed by atoms with Crippen molar-refractivity contribution in [3.05, 3.63) is 18.0 Å². The minimum absolute atomic E-state index is 0.675. The van der Waals surface area contributed by atoms with E-state index in [-0.39, 0.29) is 0 Å². The first-order valence-electron chi connectivity index (χ1n) is 7.66. The molecule has 1 aromatic heterocycles. The Bertz CT molecular complexity index is 360. The summed E-state index contributed by atoms with van der Waals surface area (Å²) < 4.78 is 2.19. The summed E-state index contributed by atoms with van der Waals surface area (Å²) in [6.45, 7) is 2.12. The summed E-state index contributed by atoms with van der Waals surface area (Å²) in [7, 11) is 0. The van der Waals surface area contributed by atoms with Gasteiger partial charge in [0.25, 0.3) is 0 Å². The van der Waals surface area contributed by atoms with Crippen LogP contribution in [0.5, 0.6) is 0 Å². The topological polar surface area (TPSA) is 29.9 Å². The van der Waals surface area contributed by atoms with E-state index < -0.39 is 0 Å². The van der Waals surface area contributed by atoms with Gasteiger partial charge in [-0.3, -0.25) is 4.68 Å². The van der Waals surface area contributed by atoms with Gasteiger partial charge in [0.15, 0.2) is 0 Å². The third kappa shape index (κ3) is 2.94. The van der Waals surface area contributed by atoms with Crippen LogP contribution in [0.4, 0.5) is 0 Å². The first kappa shape index (κ1) is 12.2. The van der Waals surface area contributed by atoms with Gasteiger partial charge in [0.2, 0.25) is 0 Å². The van der Waals surface area contributed by atoms with Crippen LogP contribution >= 0.6 is 0 Å². The van der Waals surface area contributed by atoms with Crippen LogP contribution in [0, 0.1) is 5.92 Å². The van der Waals surface area contributed by atoms with Crippen LogP contribution in [0.1, 0.15) is 63.1 Å². The Kier molecular flexibility index (Phi) is 3.99. The van der Waals surface area contributed by atoms with Crippen molar-refractivity contribution in [3.8, 4) is 0 Å². The largest absolute Gasteiger partial charge is 0.311 e. The van der Waals surface area contributed by atoms with Crippen molar-refractivity contribution in [1.29, 1.82) is 0 Å². The van der Waals surface area contributed by atoms with Crippen molar-refractivity contribution >= 4 is 0 Å². The predicted molar refractivity (Wildman–Crippen MR) is 73.4 cm³/mol. The van der Waals surface area contributed by atoms with E-state index in [1.165, 1.54) is 63.6 Å². The average molecular weight is 247 g/mol. The van der Waals surface area contributed by atoms with Gasteiger partial charge in [0.05, 0.1) is 11.7 Å². The lowest BCUT2D eigenvalue weighted by molar-refractivity contribution is 0.454. The van der Waals surface area contributed by atoms with Gasteiger partial charge in [-0.1, -0.05) is 25.7 Å². The van der Waals surface area contributed by atoms with Gasteiger partial charge >= 0.3 is 0 Å². The highest BCUT2D eigenvalue weighted by molar-refractivity contribution is 5.00. The van der Waals surface area contributed by atoms with Gasteiger partial charge in [-0.15, -0.1) is 0 Å². The summed E-state index contributed by atoms with van der Waals surface area (Å²) >= 11 is 0. The van der Waals surface area contributed by atoms with Crippen LogP contribution < -0.4 is 5.32 Å². The van der Waals surface area contributed by atoms with E-state index in [0.29, 0.717) is 6.04 Å². The van der Waals surface area contributed by atoms with Gasteiger partial charge in [-0.25, -0.2) is 0 Å². The van der Waals surface area contributed by atoms with Crippen LogP contribution in [-0.2, 0) is 6.54 Å². The highest BCUT2D eigenvalue weighted by Crippen LogP contribution is 2.28. The maximum absolute atomic E-state index is 4.71. The number of rotatable bonds is 5. The average Bonchev–Trinajstić information content (AvgIpc) is 3.12. The molecule has 0 atom stereocenters. The van der Waals surface area contributed by atoms with Gasteiger partial charge in [-0.05, 0) is 44.2 Å². The number of hydrogen-bond acceptors (Lipinski definition) is 2. The van der Waals surface area contributed by atoms with Gasteiger partial charge in [-0.2, -0.15) is 5.10 Å². The maximum atomic E-state index is 4.71. The first-order valence-corrected chi connectivity index (χ1v) is 7.66. The Labute approximate surface area is 110 Å². The van der Waals surface area contributed by atoms with Crippen molar-refractivity contribution in [2.75, 3.05) is 6.54 Å². The van der Waals surface area contributed by atoms with E-state index >= 15 is 0 Å². The summed E-state index contributed by atoms with van der Waals surface area (Å²) in [4.78, 5) is 0. The van der Waals surface area contributed by atoms with Crippen LogP contribution in [0.25, 0.3) is 0 Å². The molecule has 3 rings (SSSR count). The Morgan fingerprint density at radius 2 is 1.83 bits per heavy atom. The minimum Gasteiger partial charge on any atom is -0.311 e. The molecule has 0 spiro atoms. The third-order valence-corrected chi connectivity index (χ3v) is 4.58. The Morgan fingerprint density at radius 3 is 2.61 bits per heavy atom. The molecule has 1 heterocycles. The van der Waals surface area contributed by atoms with Crippen molar-refractivity contribution in [2.24, 2.45) is 5.92 Å². The molecule has 3 nitrogen and oxygen atoms in total. The van der Waals surface area contributed by atoms with E-state index in [0.717, 1.165) is 12.5 Å². The number of nitrogens with zero attached hydrogens (tertiary/aromatic N) is 2. The fraction of sp³-hybridized carbons (Fsp3) is 0.800. The van der Waals surface area contributed by atoms with Gasteiger partial charge < -0.3 is 5.32 Å². The molecular weight excluding hydrogens is 222 g/mol. The molecule has 0 amide bonds. The first-order chi connectivity index (χ1) is 8.92. The minimum atomic E-state index is 0.675. The fourth-order valence-electron chi connectivity index (χ4n) is 3.46. The molecule has 1 aromatic rings. The Morgan fingerprint density at radius 1 is 1.11 bits per heavy atom. The van der Waals surface area contributed by atoms with Crippen LogP contribution in [-0.4, -0.2) is 16.3 Å². The highest BCUT2D eigenvalue weighted by Gasteiger charge is 2.18. The lowest BCUT2D eigenvalue weighted by Gasteiger charge is -2.10. The highest BCUT2D eigenvalue weighted by atomic mass is 15.3. The SMILES string of the molecule is c1cn(C2CCCC2)nc1CNCC1CCCC1. The molecule has 2 aliphatic carbocycles. The summed E-state index contributed by atoms with van der Waals surface area (Å²) in [5.41, 5.74) is 1.21. The predicted octanol–water partition coefficient (Wildman–Crippen LogP) is 3.28. The summed E-state index contributed by atoms with van der Waals surface area (Å²) in [6, 6.07) is 2.86. The molecule has 2 saturated carbocycles. The Balaban J connectivity index is 1.44. The van der Waals surface area contributed by atoms with E-state index in [1.807, 2.05) is 0 Å². The molecule has 0 aromatic carbocycles. The molecule has 0 saturated heterocycles. The second kappa shape index (κ2) is 5.87. The zero-order chi connectivity index (χ0) is 12.2. The summed E-state index contributed by atoms with van der Waals surface area (Å²) in [5, 5.41) is 8.28. The van der Waals surface area contributed by atoms with E-state index in [1.54, 1.807) is 0 Å². The molecule has 2 aliphatic rings. The lowest BCUT2D eigenvalue weighted by Crippen LogP contribution is -2.21. The maximum Gasteiger partial charge on any atom is 0.0762 e. The zero-order valence-electron chi connectivity index (χ0n) is 11.3. The second-order valence-electron chi connectivity index (χ2n) is 6.01. The monoisotopic (exact) mass is 247 g/mol. The third-order valence-electron chi connectivity index (χ3n) is 4.58. The summed E-state index contributed by atoms with van der Waals surface area (Å²) in [5.74, 6) is 0.918. The van der Waals surface area contributed by atoms with E-state index in [9.17, 15) is 0 Å². The quantitative estimate of drug-likeness (QED) is 0.865. The van der Waals surface area contributed by atoms with Gasteiger partial charge in [0.1, 0.15) is 0 Å².